The number of benzene rings is 4. The van der Waals surface area contributed by atoms with E-state index in [0.717, 1.165) is 67.8 Å². The number of unbranched alkanes of at least 4 members (excludes halogenated alkanes) is 2. The van der Waals surface area contributed by atoms with E-state index >= 15 is 4.79 Å². The standard InChI is InChI=1S/C53H59FN4O7/c1-2-29-63-53-49(58(35-38-16-20-42(54)21-17-38)52(61)40-18-14-37(34-55)15-19-40)33-47(56-64-36-39-10-4-3-5-11-39)45-31-41(12-6-8-27-59)44(13-7-9-28-60)50(51(45)53)46-32-43(22-23-48(46)65-53)62-30-26-57-24-25-57/h2-5,10-11,14-23,31-32,41,44,49-51,59-60H,1,6-9,12-13,24-30,33,35-36H2. The summed E-state index contributed by atoms with van der Waals surface area (Å²) in [6, 6.07) is 29.8. The fourth-order valence-corrected chi connectivity index (χ4v) is 10.0. The van der Waals surface area contributed by atoms with Crippen molar-refractivity contribution in [3.05, 3.63) is 155 Å². The number of ether oxygens (including phenoxy) is 3. The molecule has 2 aliphatic carbocycles. The van der Waals surface area contributed by atoms with Crippen LogP contribution in [-0.2, 0) is 22.7 Å². The van der Waals surface area contributed by atoms with Gasteiger partial charge >= 0.3 is 0 Å². The van der Waals surface area contributed by atoms with Crippen LogP contribution in [0.5, 0.6) is 11.5 Å². The smallest absolute Gasteiger partial charge is 0.254 e. The SMILES string of the molecule is C=CCOC12Oc3ccc(OCCN4CC4)cc3C3C(CCCCO)C(CCCCO)C=C(C(=NOCc4ccccc4)CC1N(Cc1ccc(F)cc1)C(=O)c1ccc(C#N)cc1)C32. The van der Waals surface area contributed by atoms with Crippen molar-refractivity contribution in [2.45, 2.75) is 75.8 Å². The molecule has 0 spiro atoms. The van der Waals surface area contributed by atoms with Gasteiger partial charge in [-0.1, -0.05) is 72.6 Å². The second-order valence-corrected chi connectivity index (χ2v) is 17.5. The number of amides is 1. The summed E-state index contributed by atoms with van der Waals surface area (Å²) in [5, 5.41) is 34.6. The van der Waals surface area contributed by atoms with Gasteiger partial charge in [0.2, 0.25) is 5.79 Å². The van der Waals surface area contributed by atoms with Crippen LogP contribution >= 0.6 is 0 Å². The molecule has 6 unspecified atom stereocenters. The van der Waals surface area contributed by atoms with Crippen LogP contribution in [0.4, 0.5) is 4.39 Å². The van der Waals surface area contributed by atoms with Crippen LogP contribution in [0.1, 0.15) is 83.5 Å². The van der Waals surface area contributed by atoms with Gasteiger partial charge in [-0.3, -0.25) is 9.69 Å². The van der Waals surface area contributed by atoms with Gasteiger partial charge in [-0.15, -0.1) is 6.58 Å². The lowest BCUT2D eigenvalue weighted by Crippen LogP contribution is -2.70. The molecule has 4 aromatic carbocycles. The van der Waals surface area contributed by atoms with E-state index in [-0.39, 0.29) is 63.1 Å². The molecule has 4 aromatic rings. The summed E-state index contributed by atoms with van der Waals surface area (Å²) < 4.78 is 35.5. The molecule has 6 atom stereocenters. The van der Waals surface area contributed by atoms with Gasteiger partial charge in [0.05, 0.1) is 29.9 Å². The highest BCUT2D eigenvalue weighted by molar-refractivity contribution is 6.03. The summed E-state index contributed by atoms with van der Waals surface area (Å²) >= 11 is 0. The van der Waals surface area contributed by atoms with Crippen molar-refractivity contribution in [1.82, 2.24) is 9.80 Å². The average Bonchev–Trinajstić information content (AvgIpc) is 4.17. The number of rotatable bonds is 22. The molecule has 8 rings (SSSR count). The molecule has 1 saturated heterocycles. The Kier molecular flexibility index (Phi) is 15.1. The molecule has 1 amide bonds. The Hall–Kier alpha value is -5.84. The predicted molar refractivity (Wildman–Crippen MR) is 246 cm³/mol. The molecule has 340 valence electrons. The summed E-state index contributed by atoms with van der Waals surface area (Å²) in [4.78, 5) is 25.7. The van der Waals surface area contributed by atoms with E-state index in [1.54, 1.807) is 47.4 Å². The highest BCUT2D eigenvalue weighted by atomic mass is 19.1. The number of nitrogens with zero attached hydrogens (tertiary/aromatic N) is 4. The van der Waals surface area contributed by atoms with E-state index in [2.05, 4.69) is 29.7 Å². The number of carbonyl (C=O) groups excluding carboxylic acids is 1. The third kappa shape index (κ3) is 10.5. The van der Waals surface area contributed by atoms with Gasteiger partial charge in [0.15, 0.2) is 0 Å². The quantitative estimate of drug-likeness (QED) is 0.0344. The van der Waals surface area contributed by atoms with Crippen LogP contribution in [-0.4, -0.2) is 89.5 Å². The van der Waals surface area contributed by atoms with Gasteiger partial charge in [0, 0.05) is 62.9 Å². The number of hydrogen-bond acceptors (Lipinski definition) is 10. The van der Waals surface area contributed by atoms with Crippen molar-refractivity contribution in [3.8, 4) is 17.6 Å². The molecular weight excluding hydrogens is 824 g/mol. The molecule has 2 N–H and O–H groups in total. The van der Waals surface area contributed by atoms with E-state index in [1.807, 2.05) is 42.5 Å². The molecular formula is C53H59FN4O7. The minimum atomic E-state index is -1.51. The zero-order valence-electron chi connectivity index (χ0n) is 36.9. The molecule has 0 aromatic heterocycles. The molecule has 2 aliphatic heterocycles. The number of halogens is 1. The van der Waals surface area contributed by atoms with Gasteiger partial charge in [-0.05, 0) is 109 Å². The highest BCUT2D eigenvalue weighted by Crippen LogP contribution is 2.62. The Labute approximate surface area is 381 Å². The highest BCUT2D eigenvalue weighted by Gasteiger charge is 2.65. The second-order valence-electron chi connectivity index (χ2n) is 17.5. The molecule has 4 aliphatic rings. The Morgan fingerprint density at radius 1 is 0.969 bits per heavy atom. The first-order chi connectivity index (χ1) is 31.8. The van der Waals surface area contributed by atoms with Crippen molar-refractivity contribution in [2.24, 2.45) is 22.9 Å². The normalized spacial score (nSPS) is 23.6. The number of fused-ring (bicyclic) bond motifs is 2. The maximum atomic E-state index is 15.3. The molecule has 0 bridgehead atoms. The molecule has 65 heavy (non-hydrogen) atoms. The van der Waals surface area contributed by atoms with Gasteiger partial charge in [0.1, 0.15) is 36.6 Å². The zero-order chi connectivity index (χ0) is 45.2. The van der Waals surface area contributed by atoms with Crippen molar-refractivity contribution >= 4 is 11.6 Å². The maximum Gasteiger partial charge on any atom is 0.254 e. The summed E-state index contributed by atoms with van der Waals surface area (Å²) in [7, 11) is 0. The lowest BCUT2D eigenvalue weighted by Gasteiger charge is -2.60. The van der Waals surface area contributed by atoms with Crippen LogP contribution in [0, 0.1) is 34.9 Å². The zero-order valence-corrected chi connectivity index (χ0v) is 36.9. The van der Waals surface area contributed by atoms with E-state index in [0.29, 0.717) is 47.6 Å². The molecule has 2 heterocycles. The minimum Gasteiger partial charge on any atom is -0.492 e. The van der Waals surface area contributed by atoms with Gasteiger partial charge < -0.3 is 34.2 Å². The fraction of sp³-hybridized carbons (Fsp3) is 0.415. The Morgan fingerprint density at radius 3 is 2.43 bits per heavy atom. The van der Waals surface area contributed by atoms with Crippen LogP contribution < -0.4 is 9.47 Å². The van der Waals surface area contributed by atoms with Crippen LogP contribution in [0.25, 0.3) is 0 Å². The van der Waals surface area contributed by atoms with Crippen molar-refractivity contribution in [1.29, 1.82) is 5.26 Å². The van der Waals surface area contributed by atoms with E-state index in [4.69, 9.17) is 24.2 Å². The molecule has 12 heteroatoms. The van der Waals surface area contributed by atoms with Crippen molar-refractivity contribution in [3.63, 3.8) is 0 Å². The number of allylic oxidation sites excluding steroid dienone is 1. The maximum absolute atomic E-state index is 15.3. The molecule has 0 radical (unpaired) electrons. The van der Waals surface area contributed by atoms with Crippen LogP contribution in [0.2, 0.25) is 0 Å². The number of aliphatic hydroxyl groups excluding tert-OH is 2. The van der Waals surface area contributed by atoms with Gasteiger partial charge in [-0.2, -0.15) is 5.26 Å². The van der Waals surface area contributed by atoms with Crippen LogP contribution in [0.15, 0.2) is 127 Å². The number of aliphatic hydroxyl groups is 2. The predicted octanol–water partition coefficient (Wildman–Crippen LogP) is 8.57. The summed E-state index contributed by atoms with van der Waals surface area (Å²) in [6.45, 7) is 8.15. The van der Waals surface area contributed by atoms with Crippen molar-refractivity contribution in [2.75, 3.05) is 46.1 Å². The topological polar surface area (TPSA) is 137 Å². The number of oxime groups is 1. The first-order valence-electron chi connectivity index (χ1n) is 23.0. The number of carbonyl (C=O) groups is 1. The largest absolute Gasteiger partial charge is 0.492 e. The second kappa shape index (κ2) is 21.4. The van der Waals surface area contributed by atoms with Gasteiger partial charge in [-0.25, -0.2) is 4.39 Å². The fourth-order valence-electron chi connectivity index (χ4n) is 10.0. The van der Waals surface area contributed by atoms with E-state index < -0.39 is 23.6 Å². The van der Waals surface area contributed by atoms with Crippen molar-refractivity contribution < 1.29 is 38.4 Å². The number of nitriles is 1. The van der Waals surface area contributed by atoms with E-state index in [9.17, 15) is 19.9 Å². The molecule has 11 nitrogen and oxygen atoms in total. The number of hydrogen-bond donors (Lipinski definition) is 2. The Balaban J connectivity index is 1.34. The van der Waals surface area contributed by atoms with Gasteiger partial charge in [0.25, 0.3) is 5.91 Å². The lowest BCUT2D eigenvalue weighted by molar-refractivity contribution is -0.255. The Bertz CT molecular complexity index is 2350. The molecule has 1 saturated carbocycles. The average molecular weight is 883 g/mol. The monoisotopic (exact) mass is 882 g/mol. The summed E-state index contributed by atoms with van der Waals surface area (Å²) in [5.74, 6) is -1.57. The third-order valence-corrected chi connectivity index (χ3v) is 13.3. The van der Waals surface area contributed by atoms with Crippen LogP contribution in [0.3, 0.4) is 0 Å². The third-order valence-electron chi connectivity index (χ3n) is 13.3. The molecule has 2 fully saturated rings. The Morgan fingerprint density at radius 2 is 1.72 bits per heavy atom. The van der Waals surface area contributed by atoms with E-state index in [1.165, 1.54) is 12.1 Å². The first kappa shape index (κ1) is 45.7. The first-order valence-corrected chi connectivity index (χ1v) is 23.0. The summed E-state index contributed by atoms with van der Waals surface area (Å²) in [5.41, 5.74) is 4.97. The minimum absolute atomic E-state index is 0.0289. The lowest BCUT2D eigenvalue weighted by atomic mass is 9.55. The summed E-state index contributed by atoms with van der Waals surface area (Å²) in [6.07, 6.45) is 8.69.